The maximum atomic E-state index is 11.2. The first kappa shape index (κ1) is 13.5. The van der Waals surface area contributed by atoms with Gasteiger partial charge in [0.15, 0.2) is 0 Å². The summed E-state index contributed by atoms with van der Waals surface area (Å²) in [5.74, 6) is 0.00648. The number of hydrogen-bond donors (Lipinski definition) is 2. The topological polar surface area (TPSA) is 66.6 Å². The van der Waals surface area contributed by atoms with Gasteiger partial charge in [-0.05, 0) is 31.7 Å². The molecule has 1 saturated heterocycles. The SMILES string of the molecule is CCC1CCN(C(CC)C(=O)O)C(CN)C1. The first-order chi connectivity index (χ1) is 7.63. The first-order valence-electron chi connectivity index (χ1n) is 6.32. The van der Waals surface area contributed by atoms with Gasteiger partial charge in [0.2, 0.25) is 0 Å². The molecular formula is C12H24N2O2. The van der Waals surface area contributed by atoms with Crippen molar-refractivity contribution >= 4 is 5.97 Å². The van der Waals surface area contributed by atoms with Crippen LogP contribution in [-0.4, -0.2) is 41.1 Å². The van der Waals surface area contributed by atoms with E-state index in [4.69, 9.17) is 5.73 Å². The molecule has 4 heteroatoms. The van der Waals surface area contributed by atoms with E-state index in [-0.39, 0.29) is 12.1 Å². The van der Waals surface area contributed by atoms with Gasteiger partial charge in [-0.25, -0.2) is 0 Å². The van der Waals surface area contributed by atoms with Gasteiger partial charge in [-0.3, -0.25) is 9.69 Å². The Morgan fingerprint density at radius 1 is 1.56 bits per heavy atom. The monoisotopic (exact) mass is 228 g/mol. The van der Waals surface area contributed by atoms with Crippen molar-refractivity contribution in [3.8, 4) is 0 Å². The fraction of sp³-hybridized carbons (Fsp3) is 0.917. The van der Waals surface area contributed by atoms with Crippen molar-refractivity contribution in [2.75, 3.05) is 13.1 Å². The summed E-state index contributed by atoms with van der Waals surface area (Å²) in [6.45, 7) is 5.58. The number of carboxylic acids is 1. The molecule has 94 valence electrons. The second-order valence-corrected chi connectivity index (χ2v) is 4.69. The van der Waals surface area contributed by atoms with Crippen molar-refractivity contribution in [1.82, 2.24) is 4.90 Å². The van der Waals surface area contributed by atoms with E-state index < -0.39 is 5.97 Å². The van der Waals surface area contributed by atoms with Gasteiger partial charge >= 0.3 is 5.97 Å². The minimum Gasteiger partial charge on any atom is -0.480 e. The Bertz CT molecular complexity index is 233. The maximum absolute atomic E-state index is 11.2. The molecule has 0 aliphatic carbocycles. The minimum atomic E-state index is -0.712. The average Bonchev–Trinajstić information content (AvgIpc) is 2.29. The minimum absolute atomic E-state index is 0.250. The summed E-state index contributed by atoms with van der Waals surface area (Å²) in [6.07, 6.45) is 3.99. The van der Waals surface area contributed by atoms with Crippen LogP contribution in [0.3, 0.4) is 0 Å². The van der Waals surface area contributed by atoms with E-state index >= 15 is 0 Å². The molecule has 4 nitrogen and oxygen atoms in total. The van der Waals surface area contributed by atoms with Crippen LogP contribution >= 0.6 is 0 Å². The standard InChI is InChI=1S/C12H24N2O2/c1-3-9-5-6-14(10(7-9)8-13)11(4-2)12(15)16/h9-11H,3-8,13H2,1-2H3,(H,15,16). The lowest BCUT2D eigenvalue weighted by Crippen LogP contribution is -2.53. The summed E-state index contributed by atoms with van der Waals surface area (Å²) in [6, 6.07) is -0.105. The van der Waals surface area contributed by atoms with Crippen molar-refractivity contribution in [2.45, 2.75) is 51.6 Å². The van der Waals surface area contributed by atoms with Crippen LogP contribution < -0.4 is 5.73 Å². The number of rotatable bonds is 5. The third-order valence-electron chi connectivity index (χ3n) is 3.79. The summed E-state index contributed by atoms with van der Waals surface area (Å²) in [5, 5.41) is 9.18. The Labute approximate surface area is 97.8 Å². The molecule has 0 radical (unpaired) electrons. The Balaban J connectivity index is 2.68. The van der Waals surface area contributed by atoms with Crippen LogP contribution in [0.15, 0.2) is 0 Å². The third kappa shape index (κ3) is 2.95. The summed E-state index contributed by atoms with van der Waals surface area (Å²) in [5.41, 5.74) is 5.77. The predicted octanol–water partition coefficient (Wildman–Crippen LogP) is 1.30. The molecule has 0 bridgehead atoms. The molecule has 3 atom stereocenters. The molecule has 0 aromatic carbocycles. The van der Waals surface area contributed by atoms with Crippen molar-refractivity contribution in [3.63, 3.8) is 0 Å². The van der Waals surface area contributed by atoms with Crippen molar-refractivity contribution in [2.24, 2.45) is 11.7 Å². The van der Waals surface area contributed by atoms with E-state index in [1.807, 2.05) is 6.92 Å². The van der Waals surface area contributed by atoms with Gasteiger partial charge in [-0.15, -0.1) is 0 Å². The largest absolute Gasteiger partial charge is 0.480 e. The van der Waals surface area contributed by atoms with E-state index in [2.05, 4.69) is 11.8 Å². The van der Waals surface area contributed by atoms with Crippen LogP contribution in [0.4, 0.5) is 0 Å². The Morgan fingerprint density at radius 3 is 2.69 bits per heavy atom. The number of hydrogen-bond acceptors (Lipinski definition) is 3. The molecule has 3 unspecified atom stereocenters. The van der Waals surface area contributed by atoms with Gasteiger partial charge in [0.05, 0.1) is 0 Å². The molecule has 0 aromatic heterocycles. The lowest BCUT2D eigenvalue weighted by atomic mass is 9.87. The molecule has 0 aromatic rings. The van der Waals surface area contributed by atoms with E-state index in [0.717, 1.165) is 25.3 Å². The molecule has 1 rings (SSSR count). The van der Waals surface area contributed by atoms with Crippen LogP contribution in [0.25, 0.3) is 0 Å². The number of nitrogens with zero attached hydrogens (tertiary/aromatic N) is 1. The van der Waals surface area contributed by atoms with Crippen LogP contribution in [-0.2, 0) is 4.79 Å². The zero-order valence-corrected chi connectivity index (χ0v) is 10.4. The van der Waals surface area contributed by atoms with Gasteiger partial charge in [-0.1, -0.05) is 20.3 Å². The summed E-state index contributed by atoms with van der Waals surface area (Å²) in [7, 11) is 0. The molecule has 16 heavy (non-hydrogen) atoms. The number of carboxylic acid groups (broad SMARTS) is 1. The van der Waals surface area contributed by atoms with Gasteiger partial charge < -0.3 is 10.8 Å². The fourth-order valence-corrected chi connectivity index (χ4v) is 2.72. The van der Waals surface area contributed by atoms with Crippen molar-refractivity contribution in [1.29, 1.82) is 0 Å². The molecule has 1 aliphatic heterocycles. The van der Waals surface area contributed by atoms with E-state index in [1.165, 1.54) is 6.42 Å². The van der Waals surface area contributed by atoms with E-state index in [0.29, 0.717) is 13.0 Å². The number of piperidine rings is 1. The highest BCUT2D eigenvalue weighted by Crippen LogP contribution is 2.27. The first-order valence-corrected chi connectivity index (χ1v) is 6.32. The highest BCUT2D eigenvalue weighted by atomic mass is 16.4. The fourth-order valence-electron chi connectivity index (χ4n) is 2.72. The summed E-state index contributed by atoms with van der Waals surface area (Å²) in [4.78, 5) is 13.3. The Hall–Kier alpha value is -0.610. The molecule has 1 heterocycles. The zero-order chi connectivity index (χ0) is 12.1. The molecule has 0 saturated carbocycles. The van der Waals surface area contributed by atoms with E-state index in [9.17, 15) is 9.90 Å². The smallest absolute Gasteiger partial charge is 0.320 e. The number of aliphatic carboxylic acids is 1. The van der Waals surface area contributed by atoms with Gasteiger partial charge in [-0.2, -0.15) is 0 Å². The van der Waals surface area contributed by atoms with Gasteiger partial charge in [0, 0.05) is 12.6 Å². The summed E-state index contributed by atoms with van der Waals surface area (Å²) < 4.78 is 0. The molecular weight excluding hydrogens is 204 g/mol. The molecule has 0 amide bonds. The number of nitrogens with two attached hydrogens (primary N) is 1. The van der Waals surface area contributed by atoms with Crippen LogP contribution in [0, 0.1) is 5.92 Å². The maximum Gasteiger partial charge on any atom is 0.320 e. The van der Waals surface area contributed by atoms with Crippen LogP contribution in [0.2, 0.25) is 0 Å². The van der Waals surface area contributed by atoms with Crippen LogP contribution in [0.1, 0.15) is 39.5 Å². The molecule has 1 fully saturated rings. The lowest BCUT2D eigenvalue weighted by molar-refractivity contribution is -0.145. The van der Waals surface area contributed by atoms with Crippen molar-refractivity contribution in [3.05, 3.63) is 0 Å². The highest BCUT2D eigenvalue weighted by Gasteiger charge is 2.33. The molecule has 0 spiro atoms. The second-order valence-electron chi connectivity index (χ2n) is 4.69. The molecule has 3 N–H and O–H groups in total. The van der Waals surface area contributed by atoms with E-state index in [1.54, 1.807) is 0 Å². The van der Waals surface area contributed by atoms with Gasteiger partial charge in [0.25, 0.3) is 0 Å². The summed E-state index contributed by atoms with van der Waals surface area (Å²) >= 11 is 0. The van der Waals surface area contributed by atoms with Gasteiger partial charge in [0.1, 0.15) is 6.04 Å². The number of likely N-dealkylation sites (tertiary alicyclic amines) is 1. The van der Waals surface area contributed by atoms with Crippen LogP contribution in [0.5, 0.6) is 0 Å². The lowest BCUT2D eigenvalue weighted by Gasteiger charge is -2.41. The van der Waals surface area contributed by atoms with Crippen molar-refractivity contribution < 1.29 is 9.90 Å². The zero-order valence-electron chi connectivity index (χ0n) is 10.4. The average molecular weight is 228 g/mol. The quantitative estimate of drug-likeness (QED) is 0.744. The molecule has 1 aliphatic rings. The number of carbonyl (C=O) groups is 1. The Morgan fingerprint density at radius 2 is 2.25 bits per heavy atom. The normalized spacial score (nSPS) is 28.9. The predicted molar refractivity (Wildman–Crippen MR) is 64.3 cm³/mol. The highest BCUT2D eigenvalue weighted by molar-refractivity contribution is 5.73. The second kappa shape index (κ2) is 6.21. The Kier molecular flexibility index (Phi) is 5.22. The third-order valence-corrected chi connectivity index (χ3v) is 3.79.